The number of amides is 1. The van der Waals surface area contributed by atoms with Crippen LogP contribution in [0.15, 0.2) is 48.3 Å². The van der Waals surface area contributed by atoms with Crippen molar-refractivity contribution >= 4 is 23.6 Å². The Bertz CT molecular complexity index is 1900. The van der Waals surface area contributed by atoms with Gasteiger partial charge in [0.2, 0.25) is 5.56 Å². The lowest BCUT2D eigenvalue weighted by Gasteiger charge is -2.47. The summed E-state index contributed by atoms with van der Waals surface area (Å²) in [5, 5.41) is 11.5. The Kier molecular flexibility index (Phi) is 15.0. The van der Waals surface area contributed by atoms with Crippen LogP contribution in [-0.4, -0.2) is 135 Å². The number of hydrogen-bond donors (Lipinski definition) is 2. The van der Waals surface area contributed by atoms with Gasteiger partial charge >= 0.3 is 12.1 Å². The maximum absolute atomic E-state index is 14.8. The molecule has 2 N–H and O–H groups in total. The maximum atomic E-state index is 14.8. The highest BCUT2D eigenvalue weighted by molar-refractivity contribution is 6.00. The van der Waals surface area contributed by atoms with Crippen LogP contribution in [0.2, 0.25) is 0 Å². The molecule has 60 heavy (non-hydrogen) atoms. The minimum Gasteiger partial charge on any atom is -0.457 e. The third-order valence-electron chi connectivity index (χ3n) is 13.0. The number of aromatic amines is 1. The molecule has 3 aliphatic rings. The van der Waals surface area contributed by atoms with Crippen LogP contribution in [0.4, 0.5) is 4.79 Å². The number of ketones is 2. The summed E-state index contributed by atoms with van der Waals surface area (Å²) in [5.74, 6) is -5.30. The SMILES string of the molecule is C=C[C@]12OC(=O)N(CCCCn3cnc(-c4ccc(=O)[nH]c4)c3)[C@@H]1[C@@H](C)C(=O)[C@H](C)C[C@@](C)(OC)[C@H](O[C@@H]1O[C@H](C)C[C@H](N(C)C)[C@H]1O)[C@@H](C)C(=O)[C@@H](C)C(=O)O[C@@H]2CC. The Hall–Kier alpha value is -4.22. The largest absolute Gasteiger partial charge is 0.457 e. The molecule has 0 spiro atoms. The second-order valence-electron chi connectivity index (χ2n) is 17.4. The fourth-order valence-corrected chi connectivity index (χ4v) is 9.46. The van der Waals surface area contributed by atoms with Crippen LogP contribution in [0.25, 0.3) is 11.3 Å². The minimum atomic E-state index is -1.62. The van der Waals surface area contributed by atoms with Crippen molar-refractivity contribution in [3.05, 3.63) is 53.9 Å². The molecule has 5 rings (SSSR count). The molecule has 16 nitrogen and oxygen atoms in total. The number of aliphatic hydroxyl groups excluding tert-OH is 1. The first-order chi connectivity index (χ1) is 28.3. The summed E-state index contributed by atoms with van der Waals surface area (Å²) in [6, 6.07) is 1.93. The van der Waals surface area contributed by atoms with Crippen molar-refractivity contribution in [1.82, 2.24) is 24.3 Å². The summed E-state index contributed by atoms with van der Waals surface area (Å²) >= 11 is 0. The van der Waals surface area contributed by atoms with E-state index in [1.807, 2.05) is 36.7 Å². The number of aryl methyl sites for hydroxylation is 1. The van der Waals surface area contributed by atoms with Gasteiger partial charge in [-0.1, -0.05) is 34.3 Å². The Labute approximate surface area is 352 Å². The second-order valence-corrected chi connectivity index (χ2v) is 17.4. The second kappa shape index (κ2) is 19.2. The van der Waals surface area contributed by atoms with E-state index in [9.17, 15) is 29.1 Å². The number of pyridine rings is 1. The molecule has 2 aromatic heterocycles. The van der Waals surface area contributed by atoms with E-state index in [2.05, 4.69) is 16.5 Å². The molecule has 0 bridgehead atoms. The average Bonchev–Trinajstić information content (AvgIpc) is 3.81. The van der Waals surface area contributed by atoms with Crippen LogP contribution in [0.5, 0.6) is 0 Å². The minimum absolute atomic E-state index is 0.0923. The normalized spacial score (nSPS) is 35.8. The smallest absolute Gasteiger partial charge is 0.411 e. The van der Waals surface area contributed by atoms with E-state index in [-0.39, 0.29) is 42.9 Å². The van der Waals surface area contributed by atoms with Gasteiger partial charge in [0.15, 0.2) is 17.7 Å². The zero-order chi connectivity index (χ0) is 44.3. The highest BCUT2D eigenvalue weighted by Crippen LogP contribution is 2.44. The van der Waals surface area contributed by atoms with Gasteiger partial charge in [0.05, 0.1) is 35.9 Å². The lowest BCUT2D eigenvalue weighted by atomic mass is 9.72. The summed E-state index contributed by atoms with van der Waals surface area (Å²) in [5.41, 5.74) is -1.65. The number of Topliss-reactive ketones (excluding diaryl/α,β-unsaturated/α-hetero) is 2. The number of esters is 1. The summed E-state index contributed by atoms with van der Waals surface area (Å²) in [6.07, 6.45) is 3.35. The van der Waals surface area contributed by atoms with Crippen molar-refractivity contribution in [2.24, 2.45) is 23.7 Å². The summed E-state index contributed by atoms with van der Waals surface area (Å²) < 4.78 is 33.2. The number of rotatable bonds is 12. The van der Waals surface area contributed by atoms with Crippen molar-refractivity contribution in [2.75, 3.05) is 27.7 Å². The predicted molar refractivity (Wildman–Crippen MR) is 222 cm³/mol. The fraction of sp³-hybridized carbons (Fsp3) is 0.682. The first-order valence-corrected chi connectivity index (χ1v) is 21.1. The number of methoxy groups -OCH3 is 1. The van der Waals surface area contributed by atoms with Gasteiger partial charge in [-0.15, -0.1) is 0 Å². The standard InChI is InChI=1S/C44H65N5O11/c1-12-33-44(13-2)38(49(42(55)60-44)19-15-14-18-48-23-31(46-24-48)30-16-17-34(50)45-22-30)27(5)35(51)25(3)21-43(8,56-11)39(28(6)36(52)29(7)40(54)58-33)59-41-37(53)32(47(9)10)20-26(4)57-41/h13,16-17,22-29,32-33,37-39,41,53H,2,12,14-15,18-21H2,1,3-11H3,(H,45,50)/t25-,26-,27+,28+,29-,32+,33-,37-,38-,39-,41+,43-,44-/m1/s1. The number of imidazole rings is 1. The molecule has 5 heterocycles. The van der Waals surface area contributed by atoms with Crippen LogP contribution < -0.4 is 5.56 Å². The molecule has 13 atom stereocenters. The number of cyclic esters (lactones) is 1. The van der Waals surface area contributed by atoms with Crippen LogP contribution in [0.1, 0.15) is 80.6 Å². The summed E-state index contributed by atoms with van der Waals surface area (Å²) in [7, 11) is 5.20. The van der Waals surface area contributed by atoms with Crippen LogP contribution in [-0.2, 0) is 44.6 Å². The molecule has 332 valence electrons. The lowest BCUT2D eigenvalue weighted by molar-refractivity contribution is -0.295. The lowest BCUT2D eigenvalue weighted by Crippen LogP contribution is -2.60. The van der Waals surface area contributed by atoms with Crippen molar-refractivity contribution in [1.29, 1.82) is 0 Å². The number of nitrogens with zero attached hydrogens (tertiary/aromatic N) is 4. The quantitative estimate of drug-likeness (QED) is 0.133. The van der Waals surface area contributed by atoms with Crippen LogP contribution >= 0.6 is 0 Å². The van der Waals surface area contributed by atoms with Crippen LogP contribution in [0.3, 0.4) is 0 Å². The number of ether oxygens (including phenoxy) is 5. The first kappa shape index (κ1) is 46.8. The molecule has 3 aliphatic heterocycles. The van der Waals surface area contributed by atoms with E-state index in [1.54, 1.807) is 58.1 Å². The van der Waals surface area contributed by atoms with Crippen molar-refractivity contribution < 1.29 is 48.0 Å². The molecule has 1 amide bonds. The van der Waals surface area contributed by atoms with Crippen molar-refractivity contribution in [3.63, 3.8) is 0 Å². The number of fused-ring (bicyclic) bond motifs is 1. The number of aromatic nitrogens is 3. The number of carbonyl (C=O) groups excluding carboxylic acids is 4. The van der Waals surface area contributed by atoms with E-state index in [4.69, 9.17) is 23.7 Å². The molecule has 0 aliphatic carbocycles. The van der Waals surface area contributed by atoms with Gasteiger partial charge in [0.1, 0.15) is 23.9 Å². The Morgan fingerprint density at radius 2 is 1.75 bits per heavy atom. The number of carbonyl (C=O) groups is 4. The Morgan fingerprint density at radius 1 is 1.05 bits per heavy atom. The average molecular weight is 840 g/mol. The van der Waals surface area contributed by atoms with E-state index in [0.29, 0.717) is 31.5 Å². The predicted octanol–water partition coefficient (Wildman–Crippen LogP) is 4.39. The third kappa shape index (κ3) is 9.47. The van der Waals surface area contributed by atoms with Gasteiger partial charge in [-0.05, 0) is 79.1 Å². The molecule has 3 saturated heterocycles. The topological polar surface area (TPSA) is 192 Å². The van der Waals surface area contributed by atoms with E-state index in [1.165, 1.54) is 26.2 Å². The van der Waals surface area contributed by atoms with Gasteiger partial charge in [-0.25, -0.2) is 9.78 Å². The maximum Gasteiger partial charge on any atom is 0.411 e. The molecule has 3 fully saturated rings. The highest BCUT2D eigenvalue weighted by atomic mass is 16.7. The number of aliphatic hydroxyl groups is 1. The number of unbranched alkanes of at least 4 members (excludes halogenated alkanes) is 1. The zero-order valence-corrected chi connectivity index (χ0v) is 36.8. The van der Waals surface area contributed by atoms with Gasteiger partial charge < -0.3 is 43.2 Å². The van der Waals surface area contributed by atoms with Gasteiger partial charge in [0, 0.05) is 68.0 Å². The zero-order valence-electron chi connectivity index (χ0n) is 36.8. The Balaban J connectivity index is 1.45. The highest BCUT2D eigenvalue weighted by Gasteiger charge is 2.61. The first-order valence-electron chi connectivity index (χ1n) is 21.1. The van der Waals surface area contributed by atoms with Gasteiger partial charge in [-0.2, -0.15) is 0 Å². The molecular formula is C44H65N5O11. The number of hydrogen-bond acceptors (Lipinski definition) is 13. The molecule has 0 radical (unpaired) electrons. The van der Waals surface area contributed by atoms with E-state index >= 15 is 0 Å². The van der Waals surface area contributed by atoms with Crippen LogP contribution in [0, 0.1) is 23.7 Å². The van der Waals surface area contributed by atoms with E-state index < -0.39 is 83.4 Å². The van der Waals surface area contributed by atoms with Crippen molar-refractivity contribution in [3.8, 4) is 11.3 Å². The number of H-pyrrole nitrogens is 1. The number of nitrogens with one attached hydrogen (secondary N) is 1. The Morgan fingerprint density at radius 3 is 2.37 bits per heavy atom. The van der Waals surface area contributed by atoms with Gasteiger partial charge in [-0.3, -0.25) is 24.1 Å². The fourth-order valence-electron chi connectivity index (χ4n) is 9.46. The third-order valence-corrected chi connectivity index (χ3v) is 13.0. The number of likely N-dealkylation sites (N-methyl/N-ethyl adjacent to an activating group) is 1. The molecule has 0 unspecified atom stereocenters. The molecule has 16 heteroatoms. The summed E-state index contributed by atoms with van der Waals surface area (Å²) in [6.45, 7) is 16.9. The molecule has 2 aromatic rings. The van der Waals surface area contributed by atoms with Gasteiger partial charge in [0.25, 0.3) is 0 Å². The monoisotopic (exact) mass is 839 g/mol. The van der Waals surface area contributed by atoms with Crippen molar-refractivity contribution in [2.45, 2.75) is 141 Å². The van der Waals surface area contributed by atoms with E-state index in [0.717, 1.165) is 5.56 Å². The molecular weight excluding hydrogens is 775 g/mol. The summed E-state index contributed by atoms with van der Waals surface area (Å²) in [4.78, 5) is 79.2. The molecule has 0 aromatic carbocycles. The molecule has 0 saturated carbocycles.